The number of nitrogens with one attached hydrogen (secondary N) is 1. The van der Waals surface area contributed by atoms with Gasteiger partial charge in [0.15, 0.2) is 5.84 Å². The zero-order valence-corrected chi connectivity index (χ0v) is 28.1. The third-order valence-electron chi connectivity index (χ3n) is 9.86. The van der Waals surface area contributed by atoms with Crippen LogP contribution in [0.3, 0.4) is 0 Å². The molecule has 1 N–H and O–H groups in total. The van der Waals surface area contributed by atoms with Gasteiger partial charge in [-0.25, -0.2) is 9.98 Å². The molecule has 0 radical (unpaired) electrons. The molecule has 0 bridgehead atoms. The van der Waals surface area contributed by atoms with Crippen molar-refractivity contribution in [3.63, 3.8) is 0 Å². The number of hydrogen-bond acceptors (Lipinski definition) is 4. The second-order valence-electron chi connectivity index (χ2n) is 13.1. The molecule has 1 unspecified atom stereocenters. The first-order valence-corrected chi connectivity index (χ1v) is 17.5. The summed E-state index contributed by atoms with van der Waals surface area (Å²) in [5, 5.41) is 7.00. The van der Waals surface area contributed by atoms with Gasteiger partial charge in [0.05, 0.1) is 16.4 Å². The summed E-state index contributed by atoms with van der Waals surface area (Å²) in [5.74, 6) is 2.33. The summed E-state index contributed by atoms with van der Waals surface area (Å²) >= 11 is 0. The van der Waals surface area contributed by atoms with Crippen molar-refractivity contribution in [1.82, 2.24) is 9.88 Å². The minimum Gasteiger partial charge on any atom is -0.455 e. The molecule has 3 heterocycles. The fraction of sp³-hybridized carbons (Fsp3) is 0.0213. The monoisotopic (exact) mass is 668 g/mol. The Morgan fingerprint density at radius 2 is 1.17 bits per heavy atom. The lowest BCUT2D eigenvalue weighted by atomic mass is 10.0. The molecule has 0 amide bonds. The maximum Gasteiger partial charge on any atom is 0.159 e. The van der Waals surface area contributed by atoms with E-state index in [9.17, 15) is 0 Å². The van der Waals surface area contributed by atoms with E-state index in [4.69, 9.17) is 14.4 Å². The van der Waals surface area contributed by atoms with Gasteiger partial charge in [-0.1, -0.05) is 146 Å². The average molecular weight is 669 g/mol. The zero-order chi connectivity index (χ0) is 34.4. The second kappa shape index (κ2) is 12.4. The molecule has 0 aliphatic carbocycles. The molecule has 0 fully saturated rings. The molecule has 0 saturated carbocycles. The van der Waals surface area contributed by atoms with Crippen LogP contribution in [-0.2, 0) is 0 Å². The Labute approximate surface area is 300 Å². The number of rotatable bonds is 6. The molecule has 2 aromatic heterocycles. The van der Waals surface area contributed by atoms with E-state index in [1.165, 1.54) is 11.1 Å². The Hall–Kier alpha value is -6.98. The molecule has 5 nitrogen and oxygen atoms in total. The zero-order valence-electron chi connectivity index (χ0n) is 28.1. The number of nitrogens with zero attached hydrogens (tertiary/aromatic N) is 3. The molecule has 1 atom stereocenters. The lowest BCUT2D eigenvalue weighted by Crippen LogP contribution is -2.33. The molecule has 10 rings (SSSR count). The van der Waals surface area contributed by atoms with Crippen molar-refractivity contribution >= 4 is 44.4 Å². The topological polar surface area (TPSA) is 54.8 Å². The van der Waals surface area contributed by atoms with Gasteiger partial charge in [0, 0.05) is 33.2 Å². The van der Waals surface area contributed by atoms with E-state index in [0.717, 1.165) is 72.3 Å². The summed E-state index contributed by atoms with van der Waals surface area (Å²) in [6.07, 6.45) is -0.310. The number of hydrogen-bond donors (Lipinski definition) is 1. The number of para-hydroxylation sites is 1. The van der Waals surface area contributed by atoms with Crippen LogP contribution in [0.5, 0.6) is 0 Å². The number of amidine groups is 2. The van der Waals surface area contributed by atoms with Crippen LogP contribution in [0.25, 0.3) is 60.9 Å². The van der Waals surface area contributed by atoms with Crippen molar-refractivity contribution in [2.75, 3.05) is 0 Å². The Bertz CT molecular complexity index is 2800. The van der Waals surface area contributed by atoms with Crippen LogP contribution in [0, 0.1) is 0 Å². The lowest BCUT2D eigenvalue weighted by Gasteiger charge is -2.24. The third-order valence-corrected chi connectivity index (χ3v) is 9.86. The van der Waals surface area contributed by atoms with E-state index in [1.807, 2.05) is 42.5 Å². The summed E-state index contributed by atoms with van der Waals surface area (Å²) < 4.78 is 8.96. The molecule has 0 spiro atoms. The van der Waals surface area contributed by atoms with Gasteiger partial charge in [-0.2, -0.15) is 0 Å². The molecule has 1 aliphatic rings. The molecule has 52 heavy (non-hydrogen) atoms. The predicted octanol–water partition coefficient (Wildman–Crippen LogP) is 11.4. The molecule has 1 aliphatic heterocycles. The van der Waals surface area contributed by atoms with Crippen molar-refractivity contribution in [2.24, 2.45) is 9.98 Å². The largest absolute Gasteiger partial charge is 0.455 e. The number of fused-ring (bicyclic) bond motifs is 5. The number of furan rings is 1. The van der Waals surface area contributed by atoms with E-state index in [-0.39, 0.29) is 6.17 Å². The summed E-state index contributed by atoms with van der Waals surface area (Å²) in [6, 6.07) is 63.2. The van der Waals surface area contributed by atoms with Gasteiger partial charge in [-0.3, -0.25) is 0 Å². The maximum absolute atomic E-state index is 6.63. The van der Waals surface area contributed by atoms with Gasteiger partial charge in [-0.05, 0) is 53.1 Å². The Balaban J connectivity index is 1.08. The Kier molecular flexibility index (Phi) is 7.14. The van der Waals surface area contributed by atoms with Gasteiger partial charge in [0.25, 0.3) is 0 Å². The molecule has 5 heteroatoms. The highest BCUT2D eigenvalue weighted by atomic mass is 16.3. The van der Waals surface area contributed by atoms with Gasteiger partial charge < -0.3 is 14.3 Å². The third kappa shape index (κ3) is 5.19. The standard InChI is InChI=1S/C47H32N4O/c1-4-13-31(14-5-1)32-23-25-35(26-24-32)46-48-45(34-17-8-3-9-18-34)49-47(50-46)37-19-12-20-38(29-37)51-40-22-11-10-21-39(40)43-41(51)28-27-36-30-42(52-44(36)43)33-15-6-2-7-16-33/h1-30,46H,(H,48,49,50). The SMILES string of the molecule is c1ccc(C2=NC(c3ccc(-c4ccccc4)cc3)NC(c3cccc(-n4c5ccccc5c5c6oc(-c7ccccc7)cc6ccc54)c3)=N2)cc1. The number of aromatic nitrogens is 1. The van der Waals surface area contributed by atoms with Gasteiger partial charge in [0.2, 0.25) is 0 Å². The summed E-state index contributed by atoms with van der Waals surface area (Å²) in [4.78, 5) is 10.2. The van der Waals surface area contributed by atoms with Crippen molar-refractivity contribution < 1.29 is 4.42 Å². The Morgan fingerprint density at radius 1 is 0.519 bits per heavy atom. The van der Waals surface area contributed by atoms with E-state index in [0.29, 0.717) is 5.84 Å². The van der Waals surface area contributed by atoms with Crippen molar-refractivity contribution in [3.8, 4) is 28.1 Å². The average Bonchev–Trinajstić information content (AvgIpc) is 3.82. The van der Waals surface area contributed by atoms with Crippen LogP contribution in [0.4, 0.5) is 0 Å². The van der Waals surface area contributed by atoms with Crippen LogP contribution in [0.15, 0.2) is 196 Å². The molecule has 7 aromatic carbocycles. The maximum atomic E-state index is 6.63. The molecule has 0 saturated heterocycles. The molecule has 9 aromatic rings. The quantitative estimate of drug-likeness (QED) is 0.192. The van der Waals surface area contributed by atoms with Gasteiger partial charge in [0.1, 0.15) is 23.3 Å². The fourth-order valence-corrected chi connectivity index (χ4v) is 7.34. The van der Waals surface area contributed by atoms with Crippen LogP contribution in [0.1, 0.15) is 22.9 Å². The minimum atomic E-state index is -0.310. The van der Waals surface area contributed by atoms with Crippen LogP contribution in [-0.4, -0.2) is 16.2 Å². The minimum absolute atomic E-state index is 0.310. The smallest absolute Gasteiger partial charge is 0.159 e. The van der Waals surface area contributed by atoms with Crippen molar-refractivity contribution in [1.29, 1.82) is 0 Å². The second-order valence-corrected chi connectivity index (χ2v) is 13.1. The van der Waals surface area contributed by atoms with E-state index in [2.05, 4.69) is 149 Å². The van der Waals surface area contributed by atoms with Gasteiger partial charge >= 0.3 is 0 Å². The normalized spacial score (nSPS) is 14.3. The van der Waals surface area contributed by atoms with E-state index in [1.54, 1.807) is 0 Å². The van der Waals surface area contributed by atoms with Gasteiger partial charge in [-0.15, -0.1) is 0 Å². The van der Waals surface area contributed by atoms with Crippen LogP contribution < -0.4 is 5.32 Å². The van der Waals surface area contributed by atoms with Crippen LogP contribution >= 0.6 is 0 Å². The summed E-state index contributed by atoms with van der Waals surface area (Å²) in [5.41, 5.74) is 10.6. The first-order chi connectivity index (χ1) is 25.8. The first-order valence-electron chi connectivity index (χ1n) is 17.5. The summed E-state index contributed by atoms with van der Waals surface area (Å²) in [7, 11) is 0. The number of aliphatic imine (C=N–C) groups is 2. The highest BCUT2D eigenvalue weighted by molar-refractivity contribution is 6.20. The summed E-state index contributed by atoms with van der Waals surface area (Å²) in [6.45, 7) is 0. The molecular weight excluding hydrogens is 637 g/mol. The Morgan fingerprint density at radius 3 is 1.94 bits per heavy atom. The number of benzene rings is 7. The first kappa shape index (κ1) is 29.9. The molecular formula is C47H32N4O. The molecule has 246 valence electrons. The van der Waals surface area contributed by atoms with E-state index < -0.39 is 0 Å². The van der Waals surface area contributed by atoms with Crippen LogP contribution in [0.2, 0.25) is 0 Å². The van der Waals surface area contributed by atoms with E-state index >= 15 is 0 Å². The van der Waals surface area contributed by atoms with Crippen molar-refractivity contribution in [2.45, 2.75) is 6.17 Å². The predicted molar refractivity (Wildman–Crippen MR) is 213 cm³/mol. The fourth-order valence-electron chi connectivity index (χ4n) is 7.34. The highest BCUT2D eigenvalue weighted by Crippen LogP contribution is 2.40. The highest BCUT2D eigenvalue weighted by Gasteiger charge is 2.23. The lowest BCUT2D eigenvalue weighted by molar-refractivity contribution is 0.635. The van der Waals surface area contributed by atoms with Crippen molar-refractivity contribution in [3.05, 3.63) is 199 Å².